The Balaban J connectivity index is -0.000000215. The molecule has 0 unspecified atom stereocenters. The summed E-state index contributed by atoms with van der Waals surface area (Å²) in [5.41, 5.74) is 5.81. The molecule has 112 valence electrons. The number of rotatable bonds is 0. The Kier molecular flexibility index (Phi) is 18.1. The number of hydrogen-bond donors (Lipinski definition) is 0. The van der Waals surface area contributed by atoms with Crippen molar-refractivity contribution in [1.82, 2.24) is 0 Å². The second kappa shape index (κ2) is 14.3. The van der Waals surface area contributed by atoms with E-state index in [1.165, 1.54) is 45.3 Å². The molecule has 0 amide bonds. The van der Waals surface area contributed by atoms with Crippen molar-refractivity contribution in [3.8, 4) is 0 Å². The van der Waals surface area contributed by atoms with Crippen LogP contribution in [0, 0.1) is 27.7 Å². The molecule has 0 aliphatic heterocycles. The quantitative estimate of drug-likeness (QED) is 0.321. The first-order valence-corrected chi connectivity index (χ1v) is 14.1. The summed E-state index contributed by atoms with van der Waals surface area (Å²) in [6, 6.07) is 12.6. The van der Waals surface area contributed by atoms with Crippen LogP contribution in [-0.4, -0.2) is 5.49 Å². The van der Waals surface area contributed by atoms with Gasteiger partial charge in [0.05, 0.1) is 0 Å². The number of hydrogen-bond acceptors (Lipinski definition) is 0. The minimum atomic E-state index is 0. The van der Waals surface area contributed by atoms with E-state index >= 15 is 0 Å². The van der Waals surface area contributed by atoms with Crippen molar-refractivity contribution in [2.24, 2.45) is 0 Å². The van der Waals surface area contributed by atoms with E-state index in [9.17, 15) is 0 Å². The summed E-state index contributed by atoms with van der Waals surface area (Å²) in [5, 5.41) is 0. The maximum Gasteiger partial charge on any atom is -0.0632 e. The van der Waals surface area contributed by atoms with E-state index in [-0.39, 0.29) is 30.3 Å². The largest absolute Gasteiger partial charge is 1.00 e. The van der Waals surface area contributed by atoms with E-state index in [0.717, 1.165) is 0 Å². The normalized spacial score (nSPS) is 8.00. The molecule has 0 aliphatic carbocycles. The van der Waals surface area contributed by atoms with Crippen LogP contribution < -0.4 is 24.8 Å². The molecule has 0 radical (unpaired) electrons. The second-order valence-corrected chi connectivity index (χ2v) is 17.6. The molecule has 20 heavy (non-hydrogen) atoms. The van der Waals surface area contributed by atoms with E-state index in [0.29, 0.717) is 0 Å². The maximum absolute atomic E-state index is 2.33. The summed E-state index contributed by atoms with van der Waals surface area (Å²) in [7, 11) is 0. The first-order valence-electron chi connectivity index (χ1n) is 6.24. The molecule has 0 aliphatic rings. The van der Waals surface area contributed by atoms with Gasteiger partial charge >= 0.3 is 41.6 Å². The van der Waals surface area contributed by atoms with Gasteiger partial charge in [-0.2, -0.15) is 34.4 Å². The van der Waals surface area contributed by atoms with Gasteiger partial charge in [0.1, 0.15) is 0 Å². The second-order valence-electron chi connectivity index (χ2n) is 4.78. The standard InChI is InChI=1S/2C7H9.C2H6Si.2ClH.Hf/c2*1-6-4-3-5-7(6)2;1-3-2;;;/h2*3-5H,1-2H3;1-2H3;2*1H;/q2*-1;;;;+2/p-2. The summed E-state index contributed by atoms with van der Waals surface area (Å²) < 4.78 is 0. The van der Waals surface area contributed by atoms with E-state index in [1.54, 1.807) is 0 Å². The van der Waals surface area contributed by atoms with Gasteiger partial charge in [-0.05, 0) is 0 Å². The third-order valence-corrected chi connectivity index (χ3v) is 2.63. The fourth-order valence-electron chi connectivity index (χ4n) is 1.20. The van der Waals surface area contributed by atoms with Crippen LogP contribution in [0.5, 0.6) is 0 Å². The maximum atomic E-state index is 2.33. The molecule has 0 bridgehead atoms. The Labute approximate surface area is 152 Å². The van der Waals surface area contributed by atoms with Gasteiger partial charge in [0.2, 0.25) is 0 Å². The van der Waals surface area contributed by atoms with Crippen molar-refractivity contribution < 1.29 is 47.8 Å². The molecule has 0 heterocycles. The van der Waals surface area contributed by atoms with E-state index in [1.807, 2.05) is 0 Å². The van der Waals surface area contributed by atoms with Crippen LogP contribution in [0.3, 0.4) is 0 Å². The Hall–Kier alpha value is 0.367. The summed E-state index contributed by atoms with van der Waals surface area (Å²) in [4.78, 5) is 0. The Bertz CT molecular complexity index is 397. The molecule has 0 saturated heterocycles. The molecule has 2 aromatic rings. The molecule has 0 spiro atoms. The van der Waals surface area contributed by atoms with Crippen LogP contribution >= 0.6 is 0 Å². The van der Waals surface area contributed by atoms with Crippen LogP contribution in [-0.2, 0) is 23.0 Å². The molecule has 2 aromatic carbocycles. The summed E-state index contributed by atoms with van der Waals surface area (Å²) >= 11 is 1.45. The summed E-state index contributed by atoms with van der Waals surface area (Å²) in [5.74, 6) is 0. The smallest absolute Gasteiger partial charge is 0.0632 e. The van der Waals surface area contributed by atoms with Crippen LogP contribution in [0.15, 0.2) is 36.4 Å². The topological polar surface area (TPSA) is 0 Å². The SMILES string of the molecule is C[Si](C)=[Hf+2].Cc1ccc[c-]1C.Cc1ccc[c-]1C.[Cl-].[Cl-]. The van der Waals surface area contributed by atoms with Crippen LogP contribution in [0.25, 0.3) is 0 Å². The van der Waals surface area contributed by atoms with Gasteiger partial charge < -0.3 is 24.8 Å². The molecule has 0 saturated carbocycles. The van der Waals surface area contributed by atoms with E-state index < -0.39 is 0 Å². The average molecular weight is 494 g/mol. The van der Waals surface area contributed by atoms with E-state index in [2.05, 4.69) is 77.2 Å². The van der Waals surface area contributed by atoms with Crippen LogP contribution in [0.4, 0.5) is 0 Å². The minimum Gasteiger partial charge on any atom is -1.00 e. The predicted molar refractivity (Wildman–Crippen MR) is 80.5 cm³/mol. The van der Waals surface area contributed by atoms with Crippen molar-refractivity contribution in [1.29, 1.82) is 0 Å². The van der Waals surface area contributed by atoms with Gasteiger partial charge in [-0.15, -0.1) is 0 Å². The van der Waals surface area contributed by atoms with Gasteiger partial charge in [-0.25, -0.2) is 24.3 Å². The van der Waals surface area contributed by atoms with Crippen molar-refractivity contribution in [2.45, 2.75) is 40.8 Å². The van der Waals surface area contributed by atoms with Crippen molar-refractivity contribution in [3.05, 3.63) is 58.7 Å². The van der Waals surface area contributed by atoms with Crippen molar-refractivity contribution in [2.75, 3.05) is 0 Å². The third kappa shape index (κ3) is 13.4. The Morgan fingerprint density at radius 3 is 1.15 bits per heavy atom. The number of halogens is 2. The predicted octanol–water partition coefficient (Wildman–Crippen LogP) is -1.16. The minimum absolute atomic E-state index is 0. The molecule has 4 heteroatoms. The summed E-state index contributed by atoms with van der Waals surface area (Å²) in [6.07, 6.45) is 0. The third-order valence-electron chi connectivity index (χ3n) is 2.63. The molecule has 0 aromatic heterocycles. The molecule has 0 atom stereocenters. The molecular weight excluding hydrogens is 470 g/mol. The average Bonchev–Trinajstić information content (AvgIpc) is 2.79. The molecular formula is C16H24Cl2HfSi-2. The van der Waals surface area contributed by atoms with Crippen molar-refractivity contribution >= 4 is 5.49 Å². The molecule has 0 fully saturated rings. The van der Waals surface area contributed by atoms with E-state index in [4.69, 9.17) is 0 Å². The zero-order valence-corrected chi connectivity index (χ0v) is 19.3. The Morgan fingerprint density at radius 2 is 1.10 bits per heavy atom. The van der Waals surface area contributed by atoms with Crippen LogP contribution in [0.2, 0.25) is 13.1 Å². The zero-order valence-electron chi connectivity index (χ0n) is 13.2. The van der Waals surface area contributed by atoms with Crippen molar-refractivity contribution in [3.63, 3.8) is 0 Å². The number of aryl methyl sites for hydroxylation is 4. The fraction of sp³-hybridized carbons (Fsp3) is 0.375. The monoisotopic (exact) mass is 494 g/mol. The van der Waals surface area contributed by atoms with Gasteiger partial charge in [0.15, 0.2) is 0 Å². The summed E-state index contributed by atoms with van der Waals surface area (Å²) in [6.45, 7) is 13.1. The molecule has 2 rings (SSSR count). The molecule has 0 nitrogen and oxygen atoms in total. The van der Waals surface area contributed by atoms with Gasteiger partial charge in [-0.1, -0.05) is 27.7 Å². The molecule has 0 N–H and O–H groups in total. The van der Waals surface area contributed by atoms with Gasteiger partial charge in [-0.3, -0.25) is 0 Å². The fourth-order valence-corrected chi connectivity index (χ4v) is 1.20. The van der Waals surface area contributed by atoms with Crippen LogP contribution in [0.1, 0.15) is 22.3 Å². The first kappa shape index (κ1) is 25.3. The van der Waals surface area contributed by atoms with Gasteiger partial charge in [0, 0.05) is 0 Å². The van der Waals surface area contributed by atoms with Gasteiger partial charge in [0.25, 0.3) is 0 Å². The zero-order chi connectivity index (χ0) is 14.1. The Morgan fingerprint density at radius 1 is 0.850 bits per heavy atom. The first-order chi connectivity index (χ1) is 8.34.